The molecule has 1 aromatic carbocycles. The van der Waals surface area contributed by atoms with Crippen molar-refractivity contribution < 1.29 is 14.3 Å². The number of ether oxygens (including phenoxy) is 1. The molecule has 2 N–H and O–H groups in total. The maximum Gasteiger partial charge on any atom is 0.247 e. The number of amides is 2. The van der Waals surface area contributed by atoms with E-state index in [1.165, 1.54) is 16.9 Å². The molecule has 18 heavy (non-hydrogen) atoms. The molecule has 1 fully saturated rings. The van der Waals surface area contributed by atoms with Crippen LogP contribution >= 0.6 is 0 Å². The molecule has 0 unspecified atom stereocenters. The van der Waals surface area contributed by atoms with Crippen LogP contribution in [0.25, 0.3) is 0 Å². The summed E-state index contributed by atoms with van der Waals surface area (Å²) in [5.41, 5.74) is 6.76. The Morgan fingerprint density at radius 2 is 1.94 bits per heavy atom. The zero-order chi connectivity index (χ0) is 13.3. The first-order valence-electron chi connectivity index (χ1n) is 5.50. The van der Waals surface area contributed by atoms with E-state index in [0.717, 1.165) is 0 Å². The quantitative estimate of drug-likeness (QED) is 0.753. The second-order valence-corrected chi connectivity index (χ2v) is 4.16. The molecule has 0 aliphatic carbocycles. The lowest BCUT2D eigenvalue weighted by atomic mass is 10.2. The number of carbonyl (C=O) groups excluding carboxylic acids is 2. The number of likely N-dealkylation sites (N-methyl/N-ethyl adjacent to an activating group) is 1. The van der Waals surface area contributed by atoms with Crippen LogP contribution in [0.4, 0.5) is 11.4 Å². The average Bonchev–Trinajstić information content (AvgIpc) is 2.34. The van der Waals surface area contributed by atoms with Gasteiger partial charge in [0, 0.05) is 12.7 Å². The number of carbonyl (C=O) groups is 2. The molecule has 0 saturated carbocycles. The van der Waals surface area contributed by atoms with Gasteiger partial charge >= 0.3 is 0 Å². The SMILES string of the molecule is COc1ccc(N)cc1N1CC(=O)N(C)CC1=O. The van der Waals surface area contributed by atoms with Gasteiger partial charge in [-0.1, -0.05) is 0 Å². The highest BCUT2D eigenvalue weighted by Gasteiger charge is 2.30. The lowest BCUT2D eigenvalue weighted by Crippen LogP contribution is -2.52. The summed E-state index contributed by atoms with van der Waals surface area (Å²) in [6.07, 6.45) is 0. The van der Waals surface area contributed by atoms with E-state index >= 15 is 0 Å². The Balaban J connectivity index is 2.38. The van der Waals surface area contributed by atoms with Crippen molar-refractivity contribution in [2.24, 2.45) is 0 Å². The number of nitrogen functional groups attached to an aromatic ring is 1. The van der Waals surface area contributed by atoms with Crippen LogP contribution in [0.2, 0.25) is 0 Å². The molecule has 0 atom stereocenters. The lowest BCUT2D eigenvalue weighted by Gasteiger charge is -2.32. The molecule has 1 aliphatic heterocycles. The van der Waals surface area contributed by atoms with Gasteiger partial charge in [0.25, 0.3) is 0 Å². The van der Waals surface area contributed by atoms with Crippen LogP contribution in [0.3, 0.4) is 0 Å². The minimum atomic E-state index is -0.152. The van der Waals surface area contributed by atoms with Gasteiger partial charge in [-0.15, -0.1) is 0 Å². The van der Waals surface area contributed by atoms with Crippen LogP contribution in [0, 0.1) is 0 Å². The van der Waals surface area contributed by atoms with Gasteiger partial charge in [-0.25, -0.2) is 0 Å². The van der Waals surface area contributed by atoms with Crippen molar-refractivity contribution in [3.05, 3.63) is 18.2 Å². The third-order valence-corrected chi connectivity index (χ3v) is 2.89. The van der Waals surface area contributed by atoms with Crippen LogP contribution < -0.4 is 15.4 Å². The number of piperazine rings is 1. The molecule has 1 saturated heterocycles. The van der Waals surface area contributed by atoms with Gasteiger partial charge in [-0.3, -0.25) is 14.5 Å². The summed E-state index contributed by atoms with van der Waals surface area (Å²) < 4.78 is 5.19. The number of rotatable bonds is 2. The summed E-state index contributed by atoms with van der Waals surface area (Å²) in [7, 11) is 3.12. The zero-order valence-corrected chi connectivity index (χ0v) is 10.3. The van der Waals surface area contributed by atoms with Gasteiger partial charge in [-0.2, -0.15) is 0 Å². The third-order valence-electron chi connectivity index (χ3n) is 2.89. The largest absolute Gasteiger partial charge is 0.495 e. The number of anilines is 2. The van der Waals surface area contributed by atoms with E-state index in [1.54, 1.807) is 25.2 Å². The van der Waals surface area contributed by atoms with E-state index in [0.29, 0.717) is 17.1 Å². The van der Waals surface area contributed by atoms with Gasteiger partial charge in [0.2, 0.25) is 11.8 Å². The van der Waals surface area contributed by atoms with Gasteiger partial charge < -0.3 is 15.4 Å². The number of nitrogens with zero attached hydrogens (tertiary/aromatic N) is 2. The van der Waals surface area contributed by atoms with Crippen LogP contribution in [-0.2, 0) is 9.59 Å². The summed E-state index contributed by atoms with van der Waals surface area (Å²) in [4.78, 5) is 26.4. The number of hydrogen-bond acceptors (Lipinski definition) is 4. The molecule has 2 amide bonds. The van der Waals surface area contributed by atoms with Crippen molar-refractivity contribution in [3.63, 3.8) is 0 Å². The zero-order valence-electron chi connectivity index (χ0n) is 10.3. The van der Waals surface area contributed by atoms with Gasteiger partial charge in [0.05, 0.1) is 19.3 Å². The normalized spacial score (nSPS) is 16.1. The predicted octanol–water partition coefficient (Wildman–Crippen LogP) is 0.0824. The highest BCUT2D eigenvalue weighted by atomic mass is 16.5. The second-order valence-electron chi connectivity index (χ2n) is 4.16. The number of hydrogen-bond donors (Lipinski definition) is 1. The monoisotopic (exact) mass is 249 g/mol. The fraction of sp³-hybridized carbons (Fsp3) is 0.333. The molecule has 0 spiro atoms. The summed E-state index contributed by atoms with van der Waals surface area (Å²) in [5, 5.41) is 0. The van der Waals surface area contributed by atoms with Crippen molar-refractivity contribution in [2.45, 2.75) is 0 Å². The Bertz CT molecular complexity index is 501. The van der Waals surface area contributed by atoms with Crippen LogP contribution in [0.1, 0.15) is 0 Å². The molecular weight excluding hydrogens is 234 g/mol. The second kappa shape index (κ2) is 4.56. The molecular formula is C12H15N3O3. The molecule has 6 nitrogen and oxygen atoms in total. The average molecular weight is 249 g/mol. The van der Waals surface area contributed by atoms with Gasteiger partial charge in [0.1, 0.15) is 12.3 Å². The standard InChI is InChI=1S/C12H15N3O3/c1-14-6-12(17)15(7-11(14)16)9-5-8(13)3-4-10(9)18-2/h3-5H,6-7,13H2,1-2H3. The Labute approximate surface area is 105 Å². The summed E-state index contributed by atoms with van der Waals surface area (Å²) in [6.45, 7) is 0.0753. The molecule has 0 aromatic heterocycles. The topological polar surface area (TPSA) is 75.9 Å². The first-order valence-corrected chi connectivity index (χ1v) is 5.50. The number of methoxy groups -OCH3 is 1. The van der Waals surface area contributed by atoms with Crippen molar-refractivity contribution in [1.82, 2.24) is 4.90 Å². The highest BCUT2D eigenvalue weighted by Crippen LogP contribution is 2.31. The van der Waals surface area contributed by atoms with E-state index in [1.807, 2.05) is 0 Å². The van der Waals surface area contributed by atoms with E-state index in [-0.39, 0.29) is 24.9 Å². The minimum Gasteiger partial charge on any atom is -0.495 e. The number of benzene rings is 1. The van der Waals surface area contributed by atoms with Crippen LogP contribution in [0.5, 0.6) is 5.75 Å². The summed E-state index contributed by atoms with van der Waals surface area (Å²) in [5.74, 6) is 0.259. The molecule has 96 valence electrons. The molecule has 1 heterocycles. The predicted molar refractivity (Wildman–Crippen MR) is 67.4 cm³/mol. The van der Waals surface area contributed by atoms with Gasteiger partial charge in [-0.05, 0) is 18.2 Å². The van der Waals surface area contributed by atoms with Crippen molar-refractivity contribution in [1.29, 1.82) is 0 Å². The third kappa shape index (κ3) is 2.09. The van der Waals surface area contributed by atoms with E-state index in [4.69, 9.17) is 10.5 Å². The number of nitrogens with two attached hydrogens (primary N) is 1. The van der Waals surface area contributed by atoms with Crippen LogP contribution in [0.15, 0.2) is 18.2 Å². The molecule has 0 bridgehead atoms. The molecule has 2 rings (SSSR count). The maximum atomic E-state index is 12.0. The van der Waals surface area contributed by atoms with Crippen LogP contribution in [-0.4, -0.2) is 44.0 Å². The van der Waals surface area contributed by atoms with Crippen molar-refractivity contribution in [2.75, 3.05) is 37.9 Å². The molecule has 1 aliphatic rings. The summed E-state index contributed by atoms with van der Waals surface area (Å²) >= 11 is 0. The Morgan fingerprint density at radius 3 is 2.61 bits per heavy atom. The van der Waals surface area contributed by atoms with E-state index in [2.05, 4.69) is 0 Å². The molecule has 1 aromatic rings. The molecule has 0 radical (unpaired) electrons. The lowest BCUT2D eigenvalue weighted by molar-refractivity contribution is -0.136. The van der Waals surface area contributed by atoms with Crippen molar-refractivity contribution in [3.8, 4) is 5.75 Å². The molecule has 6 heteroatoms. The smallest absolute Gasteiger partial charge is 0.247 e. The van der Waals surface area contributed by atoms with Crippen molar-refractivity contribution >= 4 is 23.2 Å². The van der Waals surface area contributed by atoms with E-state index < -0.39 is 0 Å². The minimum absolute atomic E-state index is 0.00907. The van der Waals surface area contributed by atoms with Gasteiger partial charge in [0.15, 0.2) is 0 Å². The Hall–Kier alpha value is -2.24. The van der Waals surface area contributed by atoms with E-state index in [9.17, 15) is 9.59 Å². The Kier molecular flexibility index (Phi) is 3.10. The Morgan fingerprint density at radius 1 is 1.22 bits per heavy atom. The first-order chi connectivity index (χ1) is 8.52. The fourth-order valence-electron chi connectivity index (χ4n) is 1.86. The maximum absolute atomic E-state index is 12.0. The fourth-order valence-corrected chi connectivity index (χ4v) is 1.86. The first kappa shape index (κ1) is 12.2. The summed E-state index contributed by atoms with van der Waals surface area (Å²) in [6, 6.07) is 5.00. The highest BCUT2D eigenvalue weighted by molar-refractivity contribution is 6.05.